The molecule has 92 valence electrons. The number of nitrogens with one attached hydrogen (secondary N) is 2. The van der Waals surface area contributed by atoms with Crippen molar-refractivity contribution >= 4 is 11.8 Å². The highest BCUT2D eigenvalue weighted by Crippen LogP contribution is 2.26. The predicted octanol–water partition coefficient (Wildman–Crippen LogP) is 2.45. The van der Waals surface area contributed by atoms with Crippen LogP contribution in [0.4, 0.5) is 0 Å². The van der Waals surface area contributed by atoms with E-state index in [2.05, 4.69) is 41.3 Å². The van der Waals surface area contributed by atoms with E-state index in [0.29, 0.717) is 11.3 Å². The van der Waals surface area contributed by atoms with Gasteiger partial charge in [0.25, 0.3) is 0 Å². The molecule has 2 unspecified atom stereocenters. The number of rotatable bonds is 8. The van der Waals surface area contributed by atoms with Crippen LogP contribution in [0, 0.1) is 0 Å². The summed E-state index contributed by atoms with van der Waals surface area (Å²) in [6.07, 6.45) is 5.14. The second kappa shape index (κ2) is 7.68. The molecule has 4 nitrogen and oxygen atoms in total. The van der Waals surface area contributed by atoms with Crippen LogP contribution >= 0.6 is 11.8 Å². The highest BCUT2D eigenvalue weighted by molar-refractivity contribution is 7.99. The first-order valence-corrected chi connectivity index (χ1v) is 6.95. The average molecular weight is 242 g/mol. The van der Waals surface area contributed by atoms with Crippen molar-refractivity contribution in [1.82, 2.24) is 20.5 Å². The summed E-state index contributed by atoms with van der Waals surface area (Å²) in [5.41, 5.74) is 0. The van der Waals surface area contributed by atoms with Crippen LogP contribution in [0.15, 0.2) is 11.5 Å². The van der Waals surface area contributed by atoms with Gasteiger partial charge in [-0.25, -0.2) is 4.98 Å². The molecule has 1 aromatic heterocycles. The molecule has 0 aromatic carbocycles. The molecule has 2 atom stereocenters. The third-order valence-electron chi connectivity index (χ3n) is 2.57. The van der Waals surface area contributed by atoms with Crippen LogP contribution in [0.25, 0.3) is 0 Å². The van der Waals surface area contributed by atoms with Crippen molar-refractivity contribution in [3.8, 4) is 0 Å². The smallest absolute Gasteiger partial charge is 0.183 e. The number of thioether (sulfide) groups is 1. The fourth-order valence-corrected chi connectivity index (χ4v) is 2.90. The van der Waals surface area contributed by atoms with Crippen LogP contribution in [-0.4, -0.2) is 33.0 Å². The highest BCUT2D eigenvalue weighted by atomic mass is 32.2. The quantitative estimate of drug-likeness (QED) is 0.688. The van der Waals surface area contributed by atoms with Crippen molar-refractivity contribution in [3.05, 3.63) is 6.33 Å². The molecule has 0 bridgehead atoms. The second-order valence-electron chi connectivity index (χ2n) is 3.81. The molecule has 1 rings (SSSR count). The molecule has 0 fully saturated rings. The molecule has 0 spiro atoms. The van der Waals surface area contributed by atoms with Crippen molar-refractivity contribution in [1.29, 1.82) is 0 Å². The van der Waals surface area contributed by atoms with Gasteiger partial charge in [-0.05, 0) is 19.4 Å². The first-order valence-electron chi connectivity index (χ1n) is 6.07. The molecule has 1 heterocycles. The van der Waals surface area contributed by atoms with Gasteiger partial charge in [-0.15, -0.1) is 0 Å². The van der Waals surface area contributed by atoms with Crippen LogP contribution in [0.3, 0.4) is 0 Å². The van der Waals surface area contributed by atoms with Gasteiger partial charge in [0.2, 0.25) is 0 Å². The van der Waals surface area contributed by atoms with Crippen LogP contribution in [0.2, 0.25) is 0 Å². The van der Waals surface area contributed by atoms with E-state index >= 15 is 0 Å². The van der Waals surface area contributed by atoms with E-state index in [1.54, 1.807) is 18.1 Å². The minimum absolute atomic E-state index is 0.563. The summed E-state index contributed by atoms with van der Waals surface area (Å²) < 4.78 is 0. The van der Waals surface area contributed by atoms with Gasteiger partial charge in [0.1, 0.15) is 6.33 Å². The van der Waals surface area contributed by atoms with Crippen LogP contribution in [0.5, 0.6) is 0 Å². The molecule has 1 aromatic rings. The molecule has 0 saturated carbocycles. The molecule has 5 heteroatoms. The van der Waals surface area contributed by atoms with E-state index in [4.69, 9.17) is 0 Å². The van der Waals surface area contributed by atoms with E-state index in [1.807, 2.05) is 0 Å². The van der Waals surface area contributed by atoms with Gasteiger partial charge in [-0.2, -0.15) is 5.10 Å². The molecule has 2 N–H and O–H groups in total. The van der Waals surface area contributed by atoms with E-state index in [0.717, 1.165) is 18.1 Å². The Kier molecular flexibility index (Phi) is 6.49. The monoisotopic (exact) mass is 242 g/mol. The fourth-order valence-electron chi connectivity index (χ4n) is 1.84. The van der Waals surface area contributed by atoms with Gasteiger partial charge >= 0.3 is 0 Å². The zero-order valence-electron chi connectivity index (χ0n) is 10.4. The van der Waals surface area contributed by atoms with Gasteiger partial charge < -0.3 is 5.32 Å². The summed E-state index contributed by atoms with van der Waals surface area (Å²) in [5.74, 6) is 0. The van der Waals surface area contributed by atoms with E-state index in [-0.39, 0.29) is 0 Å². The first-order chi connectivity index (χ1) is 7.81. The molecule has 0 aliphatic rings. The lowest BCUT2D eigenvalue weighted by atomic mass is 10.1. The molecule has 0 saturated heterocycles. The van der Waals surface area contributed by atoms with E-state index in [1.165, 1.54) is 12.8 Å². The second-order valence-corrected chi connectivity index (χ2v) is 5.04. The van der Waals surface area contributed by atoms with Gasteiger partial charge in [-0.3, -0.25) is 5.10 Å². The normalized spacial score (nSPS) is 14.9. The number of aromatic nitrogens is 3. The fraction of sp³-hybridized carbons (Fsp3) is 0.818. The average Bonchev–Trinajstić information content (AvgIpc) is 2.78. The van der Waals surface area contributed by atoms with Gasteiger partial charge in [0.05, 0.1) is 0 Å². The Balaban J connectivity index is 2.55. The summed E-state index contributed by atoms with van der Waals surface area (Å²) >= 11 is 1.79. The number of hydrogen-bond donors (Lipinski definition) is 2. The van der Waals surface area contributed by atoms with Crippen LogP contribution < -0.4 is 5.32 Å². The third kappa shape index (κ3) is 4.14. The van der Waals surface area contributed by atoms with Gasteiger partial charge in [-0.1, -0.05) is 39.0 Å². The number of aromatic amines is 1. The molecular formula is C11H22N4S. The Morgan fingerprint density at radius 3 is 2.75 bits per heavy atom. The Labute approximate surface area is 102 Å². The Hall–Kier alpha value is -0.550. The van der Waals surface area contributed by atoms with E-state index in [9.17, 15) is 0 Å². The lowest BCUT2D eigenvalue weighted by molar-refractivity contribution is 0.465. The van der Waals surface area contributed by atoms with Crippen molar-refractivity contribution in [2.24, 2.45) is 0 Å². The molecule has 0 amide bonds. The molecule has 0 aliphatic carbocycles. The summed E-state index contributed by atoms with van der Waals surface area (Å²) in [7, 11) is 0. The Morgan fingerprint density at radius 2 is 2.25 bits per heavy atom. The number of hydrogen-bond acceptors (Lipinski definition) is 4. The Bertz CT molecular complexity index is 257. The third-order valence-corrected chi connectivity index (χ3v) is 3.96. The largest absolute Gasteiger partial charge is 0.313 e. The lowest BCUT2D eigenvalue weighted by Gasteiger charge is -2.25. The minimum Gasteiger partial charge on any atom is -0.313 e. The topological polar surface area (TPSA) is 53.6 Å². The van der Waals surface area contributed by atoms with Crippen LogP contribution in [0.1, 0.15) is 40.0 Å². The maximum atomic E-state index is 4.18. The predicted molar refractivity (Wildman–Crippen MR) is 68.7 cm³/mol. The standard InChI is InChI=1S/C11H22N4S/c1-4-7-9(12-6-3)10(5-2)16-11-13-8-14-15-11/h8-10,12H,4-7H2,1-3H3,(H,13,14,15). The summed E-state index contributed by atoms with van der Waals surface area (Å²) in [5, 5.41) is 11.8. The number of nitrogens with zero attached hydrogens (tertiary/aromatic N) is 2. The van der Waals surface area contributed by atoms with Crippen molar-refractivity contribution < 1.29 is 0 Å². The van der Waals surface area contributed by atoms with Crippen LogP contribution in [-0.2, 0) is 0 Å². The van der Waals surface area contributed by atoms with Crippen molar-refractivity contribution in [3.63, 3.8) is 0 Å². The van der Waals surface area contributed by atoms with Gasteiger partial charge in [0, 0.05) is 11.3 Å². The zero-order chi connectivity index (χ0) is 11.8. The maximum absolute atomic E-state index is 4.18. The Morgan fingerprint density at radius 1 is 1.44 bits per heavy atom. The molecule has 0 radical (unpaired) electrons. The molecule has 16 heavy (non-hydrogen) atoms. The van der Waals surface area contributed by atoms with Gasteiger partial charge in [0.15, 0.2) is 5.16 Å². The highest BCUT2D eigenvalue weighted by Gasteiger charge is 2.20. The summed E-state index contributed by atoms with van der Waals surface area (Å²) in [4.78, 5) is 4.18. The summed E-state index contributed by atoms with van der Waals surface area (Å²) in [6.45, 7) is 7.65. The summed E-state index contributed by atoms with van der Waals surface area (Å²) in [6, 6.07) is 0.565. The molecular weight excluding hydrogens is 220 g/mol. The number of H-pyrrole nitrogens is 1. The SMILES string of the molecule is CCCC(NCC)C(CC)Sc1ncn[nH]1. The van der Waals surface area contributed by atoms with Crippen molar-refractivity contribution in [2.75, 3.05) is 6.54 Å². The zero-order valence-corrected chi connectivity index (χ0v) is 11.2. The van der Waals surface area contributed by atoms with E-state index < -0.39 is 0 Å². The molecule has 0 aliphatic heterocycles. The first kappa shape index (κ1) is 13.5. The lowest BCUT2D eigenvalue weighted by Crippen LogP contribution is -2.37. The van der Waals surface area contributed by atoms with Crippen molar-refractivity contribution in [2.45, 2.75) is 56.5 Å². The minimum atomic E-state index is 0.563. The maximum Gasteiger partial charge on any atom is 0.183 e.